The number of aromatic nitrogens is 2. The van der Waals surface area contributed by atoms with E-state index in [-0.39, 0.29) is 29.7 Å². The molecule has 0 bridgehead atoms. The van der Waals surface area contributed by atoms with Crippen molar-refractivity contribution in [3.05, 3.63) is 17.7 Å². The van der Waals surface area contributed by atoms with E-state index in [1.807, 2.05) is 13.8 Å². The molecule has 0 aliphatic heterocycles. The Kier molecular flexibility index (Phi) is 5.08. The SMILES string of the molecule is CC(C)c1ncc(NN)c(C(=O)NC2CCC(O)CC2)n1. The van der Waals surface area contributed by atoms with Gasteiger partial charge in [-0.3, -0.25) is 10.6 Å². The van der Waals surface area contributed by atoms with Crippen molar-refractivity contribution in [3.63, 3.8) is 0 Å². The molecular formula is C14H23N5O2. The fraction of sp³-hybridized carbons (Fsp3) is 0.643. The summed E-state index contributed by atoms with van der Waals surface area (Å²) in [6.07, 6.45) is 4.27. The van der Waals surface area contributed by atoms with Gasteiger partial charge in [0.05, 0.1) is 18.0 Å². The van der Waals surface area contributed by atoms with E-state index in [1.54, 1.807) is 0 Å². The molecule has 0 unspecified atom stereocenters. The van der Waals surface area contributed by atoms with Gasteiger partial charge in [-0.1, -0.05) is 13.8 Å². The van der Waals surface area contributed by atoms with Gasteiger partial charge in [-0.15, -0.1) is 0 Å². The second-order valence-corrected chi connectivity index (χ2v) is 5.77. The van der Waals surface area contributed by atoms with Crippen molar-refractivity contribution in [1.82, 2.24) is 15.3 Å². The highest BCUT2D eigenvalue weighted by Gasteiger charge is 2.23. The molecule has 0 aromatic carbocycles. The molecule has 1 fully saturated rings. The Bertz CT molecular complexity index is 498. The van der Waals surface area contributed by atoms with E-state index < -0.39 is 0 Å². The summed E-state index contributed by atoms with van der Waals surface area (Å²) in [5, 5.41) is 12.5. The summed E-state index contributed by atoms with van der Waals surface area (Å²) in [5.74, 6) is 5.91. The predicted octanol–water partition coefficient (Wildman–Crippen LogP) is 0.919. The molecule has 1 aromatic heterocycles. The van der Waals surface area contributed by atoms with Crippen LogP contribution in [0.1, 0.15) is 61.8 Å². The van der Waals surface area contributed by atoms with Crippen LogP contribution in [0.2, 0.25) is 0 Å². The van der Waals surface area contributed by atoms with Gasteiger partial charge >= 0.3 is 0 Å². The van der Waals surface area contributed by atoms with E-state index in [9.17, 15) is 9.90 Å². The number of hydrogen-bond donors (Lipinski definition) is 4. The van der Waals surface area contributed by atoms with E-state index >= 15 is 0 Å². The number of carbonyl (C=O) groups is 1. The molecule has 7 nitrogen and oxygen atoms in total. The summed E-state index contributed by atoms with van der Waals surface area (Å²) in [4.78, 5) is 20.9. The molecule has 1 aliphatic carbocycles. The minimum Gasteiger partial charge on any atom is -0.393 e. The van der Waals surface area contributed by atoms with Gasteiger partial charge in [0.1, 0.15) is 5.82 Å². The maximum atomic E-state index is 12.4. The molecule has 2 rings (SSSR count). The van der Waals surface area contributed by atoms with Crippen LogP contribution >= 0.6 is 0 Å². The molecular weight excluding hydrogens is 270 g/mol. The Morgan fingerprint density at radius 1 is 1.38 bits per heavy atom. The van der Waals surface area contributed by atoms with Gasteiger partial charge in [-0.25, -0.2) is 9.97 Å². The number of anilines is 1. The summed E-state index contributed by atoms with van der Waals surface area (Å²) >= 11 is 0. The summed E-state index contributed by atoms with van der Waals surface area (Å²) in [6.45, 7) is 3.93. The lowest BCUT2D eigenvalue weighted by molar-refractivity contribution is 0.0863. The average Bonchev–Trinajstić information content (AvgIpc) is 2.48. The monoisotopic (exact) mass is 293 g/mol. The van der Waals surface area contributed by atoms with Gasteiger partial charge in [0, 0.05) is 12.0 Å². The van der Waals surface area contributed by atoms with Crippen molar-refractivity contribution >= 4 is 11.6 Å². The van der Waals surface area contributed by atoms with E-state index in [0.29, 0.717) is 24.4 Å². The number of carbonyl (C=O) groups excluding carboxylic acids is 1. The van der Waals surface area contributed by atoms with E-state index in [0.717, 1.165) is 12.8 Å². The molecule has 1 heterocycles. The molecule has 21 heavy (non-hydrogen) atoms. The van der Waals surface area contributed by atoms with E-state index in [4.69, 9.17) is 5.84 Å². The Morgan fingerprint density at radius 2 is 2.05 bits per heavy atom. The Hall–Kier alpha value is -1.73. The van der Waals surface area contributed by atoms with Crippen molar-refractivity contribution in [2.75, 3.05) is 5.43 Å². The summed E-state index contributed by atoms with van der Waals surface area (Å²) in [5.41, 5.74) is 3.14. The fourth-order valence-corrected chi connectivity index (χ4v) is 2.43. The Labute approximate surface area is 124 Å². The molecule has 116 valence electrons. The van der Waals surface area contributed by atoms with Crippen molar-refractivity contribution in [3.8, 4) is 0 Å². The number of nitrogens with one attached hydrogen (secondary N) is 2. The van der Waals surface area contributed by atoms with Crippen molar-refractivity contribution in [2.24, 2.45) is 5.84 Å². The largest absolute Gasteiger partial charge is 0.393 e. The van der Waals surface area contributed by atoms with Crippen LogP contribution in [-0.4, -0.2) is 33.1 Å². The summed E-state index contributed by atoms with van der Waals surface area (Å²) < 4.78 is 0. The van der Waals surface area contributed by atoms with Gasteiger partial charge in [-0.2, -0.15) is 0 Å². The lowest BCUT2D eigenvalue weighted by Crippen LogP contribution is -2.39. The molecule has 1 amide bonds. The third kappa shape index (κ3) is 3.89. The van der Waals surface area contributed by atoms with E-state index in [2.05, 4.69) is 20.7 Å². The quantitative estimate of drug-likeness (QED) is 0.485. The minimum atomic E-state index is -0.256. The van der Waals surface area contributed by atoms with Crippen LogP contribution in [0.3, 0.4) is 0 Å². The number of aliphatic hydroxyl groups is 1. The van der Waals surface area contributed by atoms with Crippen LogP contribution in [0.15, 0.2) is 6.20 Å². The first-order chi connectivity index (χ1) is 10.0. The normalized spacial score (nSPS) is 22.1. The Balaban J connectivity index is 2.12. The topological polar surface area (TPSA) is 113 Å². The molecule has 0 atom stereocenters. The third-order valence-corrected chi connectivity index (χ3v) is 3.73. The first kappa shape index (κ1) is 15.7. The standard InChI is InChI=1S/C14H23N5O2/c1-8(2)13-16-7-11(19-15)12(18-13)14(21)17-9-3-5-10(20)6-4-9/h7-10,19-20H,3-6,15H2,1-2H3,(H,17,21). The number of aliphatic hydroxyl groups excluding tert-OH is 1. The van der Waals surface area contributed by atoms with E-state index in [1.165, 1.54) is 6.20 Å². The number of nitrogens with two attached hydrogens (primary N) is 1. The van der Waals surface area contributed by atoms with Gasteiger partial charge < -0.3 is 15.8 Å². The zero-order valence-electron chi connectivity index (χ0n) is 12.5. The van der Waals surface area contributed by atoms with Crippen molar-refractivity contribution in [1.29, 1.82) is 0 Å². The molecule has 1 aliphatic rings. The van der Waals surface area contributed by atoms with Crippen LogP contribution in [0.5, 0.6) is 0 Å². The van der Waals surface area contributed by atoms with Gasteiger partial charge in [0.25, 0.3) is 5.91 Å². The van der Waals surface area contributed by atoms with Crippen LogP contribution in [0.25, 0.3) is 0 Å². The predicted molar refractivity (Wildman–Crippen MR) is 79.7 cm³/mol. The number of hydrazine groups is 1. The second-order valence-electron chi connectivity index (χ2n) is 5.77. The first-order valence-electron chi connectivity index (χ1n) is 7.33. The number of amides is 1. The highest BCUT2D eigenvalue weighted by atomic mass is 16.3. The number of nitrogens with zero attached hydrogens (tertiary/aromatic N) is 2. The summed E-state index contributed by atoms with van der Waals surface area (Å²) in [6, 6.07) is 0.0731. The summed E-state index contributed by atoms with van der Waals surface area (Å²) in [7, 11) is 0. The average molecular weight is 293 g/mol. The smallest absolute Gasteiger partial charge is 0.272 e. The van der Waals surface area contributed by atoms with Crippen LogP contribution < -0.4 is 16.6 Å². The third-order valence-electron chi connectivity index (χ3n) is 3.73. The number of hydrogen-bond acceptors (Lipinski definition) is 6. The van der Waals surface area contributed by atoms with Crippen LogP contribution in [0.4, 0.5) is 5.69 Å². The molecule has 5 N–H and O–H groups in total. The highest BCUT2D eigenvalue weighted by Crippen LogP contribution is 2.20. The van der Waals surface area contributed by atoms with Gasteiger partial charge in [0.15, 0.2) is 5.69 Å². The van der Waals surface area contributed by atoms with Gasteiger partial charge in [0.2, 0.25) is 0 Å². The molecule has 0 radical (unpaired) electrons. The Morgan fingerprint density at radius 3 is 2.62 bits per heavy atom. The zero-order chi connectivity index (χ0) is 15.4. The molecule has 0 saturated heterocycles. The lowest BCUT2D eigenvalue weighted by atomic mass is 9.93. The number of nitrogen functional groups attached to an aromatic ring is 1. The molecule has 1 aromatic rings. The maximum Gasteiger partial charge on any atom is 0.272 e. The van der Waals surface area contributed by atoms with Crippen LogP contribution in [-0.2, 0) is 0 Å². The van der Waals surface area contributed by atoms with Crippen molar-refractivity contribution in [2.45, 2.75) is 57.6 Å². The number of rotatable bonds is 4. The zero-order valence-corrected chi connectivity index (χ0v) is 12.5. The lowest BCUT2D eigenvalue weighted by Gasteiger charge is -2.26. The maximum absolute atomic E-state index is 12.4. The molecule has 7 heteroatoms. The highest BCUT2D eigenvalue weighted by molar-refractivity contribution is 5.97. The fourth-order valence-electron chi connectivity index (χ4n) is 2.43. The second kappa shape index (κ2) is 6.82. The molecule has 1 saturated carbocycles. The minimum absolute atomic E-state index is 0.0731. The van der Waals surface area contributed by atoms with Gasteiger partial charge in [-0.05, 0) is 25.7 Å². The van der Waals surface area contributed by atoms with Crippen molar-refractivity contribution < 1.29 is 9.90 Å². The first-order valence-corrected chi connectivity index (χ1v) is 7.33. The van der Waals surface area contributed by atoms with Crippen LogP contribution in [0, 0.1) is 0 Å². The molecule has 0 spiro atoms.